The highest BCUT2D eigenvalue weighted by Crippen LogP contribution is 2.47. The second-order valence-corrected chi connectivity index (χ2v) is 7.31. The molecule has 0 bridgehead atoms. The molecule has 0 aromatic carbocycles. The second kappa shape index (κ2) is 6.93. The third kappa shape index (κ3) is 3.41. The highest BCUT2D eigenvalue weighted by atomic mass is 16.4. The van der Waals surface area contributed by atoms with Crippen molar-refractivity contribution < 1.29 is 9.90 Å². The molecule has 2 aliphatic heterocycles. The lowest BCUT2D eigenvalue weighted by molar-refractivity contribution is -0.140. The lowest BCUT2D eigenvalue weighted by Crippen LogP contribution is -2.38. The fraction of sp³-hybridized carbons (Fsp3) is 0.833. The van der Waals surface area contributed by atoms with E-state index in [4.69, 9.17) is 0 Å². The van der Waals surface area contributed by atoms with Gasteiger partial charge in [0.1, 0.15) is 5.54 Å². The minimum atomic E-state index is -0.665. The van der Waals surface area contributed by atoms with Gasteiger partial charge in [0.25, 0.3) is 0 Å². The monoisotopic (exact) mass is 306 g/mol. The molecule has 0 radical (unpaired) electrons. The lowest BCUT2D eigenvalue weighted by Gasteiger charge is -2.21. The van der Waals surface area contributed by atoms with Gasteiger partial charge < -0.3 is 15.3 Å². The molecule has 0 amide bonds. The van der Waals surface area contributed by atoms with Crippen LogP contribution in [0.4, 0.5) is 0 Å². The van der Waals surface area contributed by atoms with Crippen LogP contribution < -0.4 is 5.32 Å². The number of fused-ring (bicyclic) bond motifs is 2. The maximum absolute atomic E-state index is 11.7. The van der Waals surface area contributed by atoms with Crippen molar-refractivity contribution in [1.29, 1.82) is 0 Å². The molecule has 2 N–H and O–H groups in total. The Morgan fingerprint density at radius 1 is 1.09 bits per heavy atom. The second-order valence-electron chi connectivity index (χ2n) is 7.31. The van der Waals surface area contributed by atoms with Gasteiger partial charge >= 0.3 is 5.97 Å². The summed E-state index contributed by atoms with van der Waals surface area (Å²) in [5.74, 6) is -0.343. The topological polar surface area (TPSA) is 52.6 Å². The maximum atomic E-state index is 11.7. The van der Waals surface area contributed by atoms with E-state index in [1.54, 1.807) is 0 Å². The van der Waals surface area contributed by atoms with Crippen LogP contribution in [0.25, 0.3) is 0 Å². The summed E-state index contributed by atoms with van der Waals surface area (Å²) in [5, 5.41) is 12.9. The van der Waals surface area contributed by atoms with Crippen LogP contribution in [0.15, 0.2) is 11.9 Å². The molecular weight excluding hydrogens is 276 g/mol. The molecule has 2 fully saturated rings. The molecule has 4 heteroatoms. The largest absolute Gasteiger partial charge is 0.479 e. The zero-order valence-corrected chi connectivity index (χ0v) is 13.6. The lowest BCUT2D eigenvalue weighted by atomic mass is 10.0. The predicted molar refractivity (Wildman–Crippen MR) is 87.4 cm³/mol. The molecule has 1 saturated heterocycles. The van der Waals surface area contributed by atoms with Crippen molar-refractivity contribution in [2.75, 3.05) is 13.1 Å². The fourth-order valence-electron chi connectivity index (χ4n) is 4.14. The van der Waals surface area contributed by atoms with Crippen LogP contribution >= 0.6 is 0 Å². The first-order valence-electron chi connectivity index (χ1n) is 9.17. The van der Waals surface area contributed by atoms with E-state index in [-0.39, 0.29) is 0 Å². The Kier molecular flexibility index (Phi) is 4.94. The Morgan fingerprint density at radius 3 is 2.55 bits per heavy atom. The average Bonchev–Trinajstić information content (AvgIpc) is 3.04. The van der Waals surface area contributed by atoms with Gasteiger partial charge in [-0.05, 0) is 38.0 Å². The van der Waals surface area contributed by atoms with Gasteiger partial charge in [0, 0.05) is 25.0 Å². The first kappa shape index (κ1) is 15.7. The summed E-state index contributed by atoms with van der Waals surface area (Å²) < 4.78 is 0. The zero-order chi connectivity index (χ0) is 15.4. The fourth-order valence-corrected chi connectivity index (χ4v) is 4.14. The number of carbonyl (C=O) groups is 1. The van der Waals surface area contributed by atoms with Gasteiger partial charge in [-0.15, -0.1) is 0 Å². The van der Waals surface area contributed by atoms with Crippen molar-refractivity contribution >= 4 is 5.97 Å². The first-order valence-corrected chi connectivity index (χ1v) is 9.17. The normalized spacial score (nSPS) is 35.9. The molecule has 2 unspecified atom stereocenters. The van der Waals surface area contributed by atoms with E-state index in [9.17, 15) is 9.90 Å². The van der Waals surface area contributed by atoms with E-state index < -0.39 is 11.5 Å². The number of allylic oxidation sites excluding steroid dienone is 1. The minimum Gasteiger partial charge on any atom is -0.479 e. The molecule has 0 spiro atoms. The molecule has 0 aromatic heterocycles. The molecule has 1 saturated carbocycles. The Balaban J connectivity index is 1.67. The molecule has 0 aromatic rings. The summed E-state index contributed by atoms with van der Waals surface area (Å²) in [6.45, 7) is 2.27. The van der Waals surface area contributed by atoms with Crippen molar-refractivity contribution in [3.8, 4) is 0 Å². The van der Waals surface area contributed by atoms with Gasteiger partial charge in [-0.2, -0.15) is 0 Å². The molecule has 4 nitrogen and oxygen atoms in total. The van der Waals surface area contributed by atoms with Crippen molar-refractivity contribution in [3.05, 3.63) is 11.9 Å². The number of aliphatic carboxylic acids is 1. The molecule has 1 aliphatic carbocycles. The maximum Gasteiger partial charge on any atom is 0.329 e. The van der Waals surface area contributed by atoms with Crippen LogP contribution in [-0.4, -0.2) is 34.6 Å². The molecule has 2 atom stereocenters. The van der Waals surface area contributed by atoms with Crippen LogP contribution in [0.3, 0.4) is 0 Å². The van der Waals surface area contributed by atoms with E-state index in [0.717, 1.165) is 32.4 Å². The number of carboxylic acid groups (broad SMARTS) is 1. The quantitative estimate of drug-likeness (QED) is 0.778. The van der Waals surface area contributed by atoms with E-state index in [1.807, 2.05) is 6.20 Å². The highest BCUT2D eigenvalue weighted by molar-refractivity contribution is 5.83. The van der Waals surface area contributed by atoms with Crippen molar-refractivity contribution in [2.45, 2.75) is 76.2 Å². The zero-order valence-electron chi connectivity index (χ0n) is 13.6. The van der Waals surface area contributed by atoms with Crippen LogP contribution in [0.2, 0.25) is 0 Å². The summed E-state index contributed by atoms with van der Waals surface area (Å²) in [4.78, 5) is 14.2. The number of nitrogens with one attached hydrogen (secondary N) is 1. The van der Waals surface area contributed by atoms with E-state index in [0.29, 0.717) is 5.92 Å². The van der Waals surface area contributed by atoms with E-state index in [2.05, 4.69) is 10.2 Å². The highest BCUT2D eigenvalue weighted by Gasteiger charge is 2.59. The Bertz CT molecular complexity index is 435. The summed E-state index contributed by atoms with van der Waals surface area (Å²) >= 11 is 0. The summed E-state index contributed by atoms with van der Waals surface area (Å²) in [7, 11) is 0. The third-order valence-electron chi connectivity index (χ3n) is 5.73. The number of hydrogen-bond acceptors (Lipinski definition) is 3. The molecule has 2 heterocycles. The number of carboxylic acids is 1. The summed E-state index contributed by atoms with van der Waals surface area (Å²) in [5.41, 5.74) is 0.655. The Labute approximate surface area is 134 Å². The van der Waals surface area contributed by atoms with E-state index >= 15 is 0 Å². The van der Waals surface area contributed by atoms with Crippen LogP contribution in [-0.2, 0) is 4.79 Å². The van der Waals surface area contributed by atoms with Crippen molar-refractivity contribution in [3.63, 3.8) is 0 Å². The standard InChI is InChI=1S/C18H30N2O2/c21-17(22)18-13-15(18)9-6-4-2-1-3-5-7-11-20-12-8-10-16(20)14-19-18/h14-15,19H,1-13H2,(H,21,22)/b16-14-. The molecule has 22 heavy (non-hydrogen) atoms. The Hall–Kier alpha value is -1.19. The van der Waals surface area contributed by atoms with Crippen molar-refractivity contribution in [1.82, 2.24) is 10.2 Å². The number of nitrogens with zero attached hydrogens (tertiary/aromatic N) is 1. The third-order valence-corrected chi connectivity index (χ3v) is 5.73. The predicted octanol–water partition coefficient (Wildman–Crippen LogP) is 3.49. The smallest absolute Gasteiger partial charge is 0.329 e. The summed E-state index contributed by atoms with van der Waals surface area (Å²) in [6, 6.07) is 0. The van der Waals surface area contributed by atoms with Crippen molar-refractivity contribution in [2.24, 2.45) is 5.92 Å². The van der Waals surface area contributed by atoms with E-state index in [1.165, 1.54) is 57.1 Å². The van der Waals surface area contributed by atoms with Gasteiger partial charge in [-0.3, -0.25) is 0 Å². The van der Waals surface area contributed by atoms with Gasteiger partial charge in [-0.1, -0.05) is 38.5 Å². The van der Waals surface area contributed by atoms with Crippen LogP contribution in [0.1, 0.15) is 70.6 Å². The van der Waals surface area contributed by atoms with Gasteiger partial charge in [-0.25, -0.2) is 4.79 Å². The minimum absolute atomic E-state index is 0.321. The van der Waals surface area contributed by atoms with Gasteiger partial charge in [0.15, 0.2) is 0 Å². The van der Waals surface area contributed by atoms with Gasteiger partial charge in [0.05, 0.1) is 0 Å². The number of rotatable bonds is 1. The number of hydrogen-bond donors (Lipinski definition) is 2. The molecule has 3 aliphatic rings. The van der Waals surface area contributed by atoms with Crippen LogP contribution in [0, 0.1) is 5.92 Å². The summed E-state index contributed by atoms with van der Waals surface area (Å²) in [6.07, 6.45) is 15.2. The molecular formula is C18H30N2O2. The SMILES string of the molecule is O=C(O)C12CC1CCCCCCCCCN1CCC/C1=C/N2. The van der Waals surface area contributed by atoms with Crippen LogP contribution in [0.5, 0.6) is 0 Å². The Morgan fingerprint density at radius 2 is 1.77 bits per heavy atom. The van der Waals surface area contributed by atoms with Gasteiger partial charge in [0.2, 0.25) is 0 Å². The molecule has 3 rings (SSSR count). The average molecular weight is 306 g/mol. The molecule has 124 valence electrons. The first-order chi connectivity index (χ1) is 10.7.